The lowest BCUT2D eigenvalue weighted by Crippen LogP contribution is -1.98. The zero-order valence-corrected chi connectivity index (χ0v) is 12.2. The smallest absolute Gasteiger partial charge is 0.0893 e. The second kappa shape index (κ2) is 5.23. The third-order valence-electron chi connectivity index (χ3n) is 2.55. The van der Waals surface area contributed by atoms with Gasteiger partial charge in [-0.1, -0.05) is 44.8 Å². The predicted molar refractivity (Wildman–Crippen MR) is 74.2 cm³/mol. The maximum atomic E-state index is 4.63. The van der Waals surface area contributed by atoms with Gasteiger partial charge in [0.2, 0.25) is 0 Å². The Hall–Kier alpha value is -0.480. The molecular formula is C12H12Br2N2. The van der Waals surface area contributed by atoms with Crippen molar-refractivity contribution in [3.8, 4) is 0 Å². The first-order chi connectivity index (χ1) is 7.78. The number of hydrogen-bond acceptors (Lipinski definition) is 2. The van der Waals surface area contributed by atoms with Gasteiger partial charge in [0.15, 0.2) is 0 Å². The van der Waals surface area contributed by atoms with Crippen LogP contribution in [0.5, 0.6) is 0 Å². The third kappa shape index (κ3) is 2.28. The van der Waals surface area contributed by atoms with Crippen LogP contribution in [0.2, 0.25) is 0 Å². The van der Waals surface area contributed by atoms with Gasteiger partial charge in [0, 0.05) is 10.7 Å². The molecule has 84 valence electrons. The van der Waals surface area contributed by atoms with Crippen LogP contribution in [0.4, 0.5) is 0 Å². The molecule has 2 rings (SSSR count). The van der Waals surface area contributed by atoms with Crippen LogP contribution in [0.3, 0.4) is 0 Å². The van der Waals surface area contributed by atoms with Crippen molar-refractivity contribution in [2.45, 2.75) is 24.0 Å². The van der Waals surface area contributed by atoms with E-state index in [1.165, 1.54) is 5.56 Å². The van der Waals surface area contributed by atoms with Gasteiger partial charge >= 0.3 is 0 Å². The summed E-state index contributed by atoms with van der Waals surface area (Å²) in [7, 11) is 0. The van der Waals surface area contributed by atoms with Crippen LogP contribution in [-0.4, -0.2) is 9.97 Å². The second-order valence-corrected chi connectivity index (χ2v) is 4.68. The van der Waals surface area contributed by atoms with Gasteiger partial charge in [-0.25, -0.2) is 9.97 Å². The molecule has 0 aliphatic carbocycles. The number of alkyl halides is 2. The van der Waals surface area contributed by atoms with Crippen LogP contribution in [-0.2, 0) is 17.1 Å². The van der Waals surface area contributed by atoms with Crippen LogP contribution in [0.15, 0.2) is 18.2 Å². The van der Waals surface area contributed by atoms with Gasteiger partial charge in [-0.05, 0) is 24.1 Å². The summed E-state index contributed by atoms with van der Waals surface area (Å²) in [5.74, 6) is 0. The molecule has 0 radical (unpaired) electrons. The van der Waals surface area contributed by atoms with E-state index in [0.29, 0.717) is 0 Å². The topological polar surface area (TPSA) is 25.8 Å². The number of halogens is 2. The summed E-state index contributed by atoms with van der Waals surface area (Å²) in [6.07, 6.45) is 1.03. The van der Waals surface area contributed by atoms with Crippen LogP contribution in [0, 0.1) is 0 Å². The maximum absolute atomic E-state index is 4.63. The molecule has 0 saturated heterocycles. The van der Waals surface area contributed by atoms with Gasteiger partial charge in [-0.15, -0.1) is 0 Å². The lowest BCUT2D eigenvalue weighted by molar-refractivity contribution is 1.07. The lowest BCUT2D eigenvalue weighted by atomic mass is 10.1. The molecule has 0 amide bonds. The van der Waals surface area contributed by atoms with E-state index in [1.807, 2.05) is 6.07 Å². The van der Waals surface area contributed by atoms with Crippen LogP contribution < -0.4 is 0 Å². The normalized spacial score (nSPS) is 10.9. The van der Waals surface area contributed by atoms with Gasteiger partial charge in [-0.2, -0.15) is 0 Å². The number of fused-ring (bicyclic) bond motifs is 1. The SMILES string of the molecule is CCc1ccc2nc(CBr)c(CBr)nc2c1. The first kappa shape index (κ1) is 12.0. The highest BCUT2D eigenvalue weighted by atomic mass is 79.9. The first-order valence-electron chi connectivity index (χ1n) is 5.18. The van der Waals surface area contributed by atoms with E-state index in [-0.39, 0.29) is 0 Å². The Labute approximate surface area is 112 Å². The predicted octanol–water partition coefficient (Wildman–Crippen LogP) is 3.98. The molecule has 0 N–H and O–H groups in total. The highest BCUT2D eigenvalue weighted by molar-refractivity contribution is 9.09. The molecule has 2 aromatic rings. The van der Waals surface area contributed by atoms with E-state index >= 15 is 0 Å². The summed E-state index contributed by atoms with van der Waals surface area (Å²) < 4.78 is 0. The quantitative estimate of drug-likeness (QED) is 0.788. The largest absolute Gasteiger partial charge is 0.248 e. The average Bonchev–Trinajstić information content (AvgIpc) is 2.36. The standard InChI is InChI=1S/C12H12Br2N2/c1-2-8-3-4-9-10(5-8)16-12(7-14)11(6-13)15-9/h3-5H,2,6-7H2,1H3. The monoisotopic (exact) mass is 342 g/mol. The van der Waals surface area contributed by atoms with Gasteiger partial charge in [0.25, 0.3) is 0 Å². The fraction of sp³-hybridized carbons (Fsp3) is 0.333. The summed E-state index contributed by atoms with van der Waals surface area (Å²) in [5.41, 5.74) is 5.27. The maximum Gasteiger partial charge on any atom is 0.0893 e. The van der Waals surface area contributed by atoms with E-state index in [1.54, 1.807) is 0 Å². The molecule has 16 heavy (non-hydrogen) atoms. The fourth-order valence-corrected chi connectivity index (χ4v) is 2.50. The number of rotatable bonds is 3. The number of aromatic nitrogens is 2. The van der Waals surface area contributed by atoms with Gasteiger partial charge in [-0.3, -0.25) is 0 Å². The Morgan fingerprint density at radius 3 is 2.19 bits per heavy atom. The molecule has 1 heterocycles. The molecule has 1 aromatic carbocycles. The molecular weight excluding hydrogens is 332 g/mol. The third-order valence-corrected chi connectivity index (χ3v) is 3.61. The summed E-state index contributed by atoms with van der Waals surface area (Å²) in [4.78, 5) is 9.23. The van der Waals surface area contributed by atoms with Crippen LogP contribution in [0.1, 0.15) is 23.9 Å². The molecule has 0 fully saturated rings. The number of benzene rings is 1. The Morgan fingerprint density at radius 1 is 1.00 bits per heavy atom. The Kier molecular flexibility index (Phi) is 3.92. The summed E-state index contributed by atoms with van der Waals surface area (Å²) in [6, 6.07) is 6.28. The fourth-order valence-electron chi connectivity index (χ4n) is 1.61. The minimum absolute atomic E-state index is 0.742. The van der Waals surface area contributed by atoms with E-state index < -0.39 is 0 Å². The highest BCUT2D eigenvalue weighted by Crippen LogP contribution is 2.18. The van der Waals surface area contributed by atoms with Crippen molar-refractivity contribution in [1.29, 1.82) is 0 Å². The van der Waals surface area contributed by atoms with Crippen molar-refractivity contribution in [3.63, 3.8) is 0 Å². The molecule has 0 unspecified atom stereocenters. The van der Waals surface area contributed by atoms with E-state index in [4.69, 9.17) is 0 Å². The van der Waals surface area contributed by atoms with Crippen molar-refractivity contribution >= 4 is 42.9 Å². The van der Waals surface area contributed by atoms with E-state index in [9.17, 15) is 0 Å². The van der Waals surface area contributed by atoms with E-state index in [0.717, 1.165) is 39.5 Å². The van der Waals surface area contributed by atoms with E-state index in [2.05, 4.69) is 60.9 Å². The summed E-state index contributed by atoms with van der Waals surface area (Å²) in [6.45, 7) is 2.15. The van der Waals surface area contributed by atoms with Crippen molar-refractivity contribution in [2.75, 3.05) is 0 Å². The zero-order chi connectivity index (χ0) is 11.5. The molecule has 0 bridgehead atoms. The minimum Gasteiger partial charge on any atom is -0.248 e. The number of hydrogen-bond donors (Lipinski definition) is 0. The average molecular weight is 344 g/mol. The van der Waals surface area contributed by atoms with Crippen molar-refractivity contribution in [3.05, 3.63) is 35.2 Å². The van der Waals surface area contributed by atoms with Gasteiger partial charge in [0.05, 0.1) is 22.4 Å². The zero-order valence-electron chi connectivity index (χ0n) is 9.00. The number of aryl methyl sites for hydroxylation is 1. The summed E-state index contributed by atoms with van der Waals surface area (Å²) >= 11 is 6.89. The van der Waals surface area contributed by atoms with Crippen LogP contribution in [0.25, 0.3) is 11.0 Å². The first-order valence-corrected chi connectivity index (χ1v) is 7.43. The van der Waals surface area contributed by atoms with Gasteiger partial charge < -0.3 is 0 Å². The molecule has 2 nitrogen and oxygen atoms in total. The Balaban J connectivity index is 2.63. The van der Waals surface area contributed by atoms with Crippen molar-refractivity contribution in [1.82, 2.24) is 9.97 Å². The second-order valence-electron chi connectivity index (χ2n) is 3.56. The molecule has 0 spiro atoms. The molecule has 0 saturated carbocycles. The Morgan fingerprint density at radius 2 is 1.62 bits per heavy atom. The minimum atomic E-state index is 0.742. The molecule has 1 aromatic heterocycles. The van der Waals surface area contributed by atoms with Crippen molar-refractivity contribution < 1.29 is 0 Å². The molecule has 0 atom stereocenters. The molecule has 4 heteroatoms. The summed E-state index contributed by atoms with van der Waals surface area (Å²) in [5, 5.41) is 1.49. The highest BCUT2D eigenvalue weighted by Gasteiger charge is 2.06. The van der Waals surface area contributed by atoms with Gasteiger partial charge in [0.1, 0.15) is 0 Å². The Bertz CT molecular complexity index is 512. The van der Waals surface area contributed by atoms with Crippen molar-refractivity contribution in [2.24, 2.45) is 0 Å². The number of nitrogens with zero attached hydrogens (tertiary/aromatic N) is 2. The lowest BCUT2D eigenvalue weighted by Gasteiger charge is -2.06. The molecule has 0 aliphatic rings. The van der Waals surface area contributed by atoms with Crippen LogP contribution >= 0.6 is 31.9 Å². The molecule has 0 aliphatic heterocycles.